The number of hydrogen-bond donors (Lipinski definition) is 2. The molecule has 0 saturated heterocycles. The summed E-state index contributed by atoms with van der Waals surface area (Å²) in [5.41, 5.74) is 16.4. The fourth-order valence-corrected chi connectivity index (χ4v) is 2.30. The lowest BCUT2D eigenvalue weighted by Gasteiger charge is -2.04. The molecule has 1 aromatic carbocycles. The summed E-state index contributed by atoms with van der Waals surface area (Å²) in [6.07, 6.45) is 6.22. The molecule has 2 aromatic rings. The summed E-state index contributed by atoms with van der Waals surface area (Å²) >= 11 is 0. The van der Waals surface area contributed by atoms with Crippen LogP contribution in [-0.2, 0) is 6.42 Å². The monoisotopic (exact) mass is 365 g/mol. The third-order valence-electron chi connectivity index (χ3n) is 3.73. The van der Waals surface area contributed by atoms with Crippen molar-refractivity contribution in [3.8, 4) is 5.75 Å². The molecule has 0 saturated carbocycles. The Hall–Kier alpha value is -3.21. The summed E-state index contributed by atoms with van der Waals surface area (Å²) in [6.45, 7) is 10.2. The van der Waals surface area contributed by atoms with Gasteiger partial charge in [0.05, 0.1) is 5.69 Å². The van der Waals surface area contributed by atoms with Crippen LogP contribution in [0.25, 0.3) is 5.57 Å². The van der Waals surface area contributed by atoms with Crippen LogP contribution in [0.5, 0.6) is 5.75 Å². The lowest BCUT2D eigenvalue weighted by atomic mass is 10.1. The summed E-state index contributed by atoms with van der Waals surface area (Å²) in [5.74, 6) is 1.40. The maximum atomic E-state index is 5.85. The molecule has 5 heteroatoms. The zero-order valence-corrected chi connectivity index (χ0v) is 16.2. The minimum Gasteiger partial charge on any atom is -0.490 e. The Morgan fingerprint density at radius 3 is 2.44 bits per heavy atom. The van der Waals surface area contributed by atoms with Crippen LogP contribution < -0.4 is 16.2 Å². The summed E-state index contributed by atoms with van der Waals surface area (Å²) < 4.78 is 11.1. The second-order valence-corrected chi connectivity index (χ2v) is 6.61. The first-order valence-corrected chi connectivity index (χ1v) is 8.75. The normalized spacial score (nSPS) is 12.0. The summed E-state index contributed by atoms with van der Waals surface area (Å²) in [5, 5.41) is 4.13. The van der Waals surface area contributed by atoms with Crippen LogP contribution in [0, 0.1) is 0 Å². The van der Waals surface area contributed by atoms with Crippen molar-refractivity contribution in [1.82, 2.24) is 5.16 Å². The second-order valence-electron chi connectivity index (χ2n) is 6.61. The van der Waals surface area contributed by atoms with E-state index in [0.29, 0.717) is 35.8 Å². The lowest BCUT2D eigenvalue weighted by molar-refractivity contribution is 0.362. The van der Waals surface area contributed by atoms with Crippen LogP contribution in [0.15, 0.2) is 76.6 Å². The topological polar surface area (TPSA) is 87.3 Å². The smallest absolute Gasteiger partial charge is 0.169 e. The van der Waals surface area contributed by atoms with Crippen LogP contribution >= 0.6 is 0 Å². The molecule has 2 rings (SSSR count). The van der Waals surface area contributed by atoms with Crippen molar-refractivity contribution in [2.75, 3.05) is 6.61 Å². The Morgan fingerprint density at radius 1 is 1.15 bits per heavy atom. The average Bonchev–Trinajstić information content (AvgIpc) is 3.04. The Kier molecular flexibility index (Phi) is 7.06. The molecule has 0 bridgehead atoms. The maximum Gasteiger partial charge on any atom is 0.169 e. The van der Waals surface area contributed by atoms with Gasteiger partial charge in [0.2, 0.25) is 0 Å². The molecule has 0 fully saturated rings. The molecule has 0 aliphatic rings. The minimum atomic E-state index is 0.396. The maximum absolute atomic E-state index is 5.85. The second kappa shape index (κ2) is 9.48. The van der Waals surface area contributed by atoms with E-state index >= 15 is 0 Å². The van der Waals surface area contributed by atoms with E-state index in [2.05, 4.69) is 11.7 Å². The van der Waals surface area contributed by atoms with Gasteiger partial charge in [0.15, 0.2) is 5.76 Å². The predicted molar refractivity (Wildman–Crippen MR) is 110 cm³/mol. The molecule has 0 unspecified atom stereocenters. The van der Waals surface area contributed by atoms with E-state index in [-0.39, 0.29) is 0 Å². The van der Waals surface area contributed by atoms with Crippen LogP contribution in [0.2, 0.25) is 0 Å². The minimum absolute atomic E-state index is 0.396. The molecule has 27 heavy (non-hydrogen) atoms. The SMILES string of the molecule is C=C(N)/C(=C\C=C(/C)N)c1cc(Cc2ccc(OCC=C(C)C)cc2)no1. The van der Waals surface area contributed by atoms with E-state index in [1.807, 2.05) is 50.3 Å². The van der Waals surface area contributed by atoms with Gasteiger partial charge in [-0.15, -0.1) is 0 Å². The number of allylic oxidation sites excluding steroid dienone is 5. The average molecular weight is 365 g/mol. The third-order valence-corrected chi connectivity index (χ3v) is 3.73. The van der Waals surface area contributed by atoms with Gasteiger partial charge in [0.1, 0.15) is 12.4 Å². The molecular weight excluding hydrogens is 338 g/mol. The zero-order valence-electron chi connectivity index (χ0n) is 16.2. The van der Waals surface area contributed by atoms with E-state index in [0.717, 1.165) is 17.0 Å². The van der Waals surface area contributed by atoms with Gasteiger partial charge in [-0.3, -0.25) is 0 Å². The standard InChI is InChI=1S/C22H27N3O2/c1-15(2)11-12-26-20-8-6-18(7-9-20)13-19-14-22(27-25-19)21(17(4)24)10-5-16(3)23/h5-11,14H,4,12-13,23-24H2,1-3H3/b16-5+,21-10+. The van der Waals surface area contributed by atoms with Crippen molar-refractivity contribution < 1.29 is 9.26 Å². The number of benzene rings is 1. The van der Waals surface area contributed by atoms with Crippen LogP contribution in [0.3, 0.4) is 0 Å². The highest BCUT2D eigenvalue weighted by atomic mass is 16.5. The quantitative estimate of drug-likeness (QED) is 0.537. The molecule has 0 spiro atoms. The van der Waals surface area contributed by atoms with Crippen molar-refractivity contribution in [2.45, 2.75) is 27.2 Å². The van der Waals surface area contributed by atoms with Crippen molar-refractivity contribution in [2.24, 2.45) is 11.5 Å². The van der Waals surface area contributed by atoms with Crippen LogP contribution in [0.4, 0.5) is 0 Å². The van der Waals surface area contributed by atoms with E-state index in [1.165, 1.54) is 5.57 Å². The Labute approximate surface area is 160 Å². The van der Waals surface area contributed by atoms with Crippen molar-refractivity contribution >= 4 is 5.57 Å². The first-order valence-electron chi connectivity index (χ1n) is 8.75. The molecule has 0 atom stereocenters. The number of nitrogens with two attached hydrogens (primary N) is 2. The zero-order chi connectivity index (χ0) is 19.8. The van der Waals surface area contributed by atoms with E-state index in [4.69, 9.17) is 20.7 Å². The molecule has 4 N–H and O–H groups in total. The molecule has 5 nitrogen and oxygen atoms in total. The van der Waals surface area contributed by atoms with Gasteiger partial charge in [-0.2, -0.15) is 0 Å². The molecular formula is C22H27N3O2. The number of aromatic nitrogens is 1. The largest absolute Gasteiger partial charge is 0.490 e. The van der Waals surface area contributed by atoms with E-state index in [1.54, 1.807) is 19.1 Å². The van der Waals surface area contributed by atoms with Gasteiger partial charge in [-0.1, -0.05) is 29.4 Å². The highest BCUT2D eigenvalue weighted by Gasteiger charge is 2.11. The van der Waals surface area contributed by atoms with Gasteiger partial charge >= 0.3 is 0 Å². The summed E-state index contributed by atoms with van der Waals surface area (Å²) in [6, 6.07) is 9.81. The highest BCUT2D eigenvalue weighted by molar-refractivity contribution is 5.75. The molecule has 142 valence electrons. The van der Waals surface area contributed by atoms with Crippen LogP contribution in [-0.4, -0.2) is 11.8 Å². The fourth-order valence-electron chi connectivity index (χ4n) is 2.30. The number of nitrogens with zero attached hydrogens (tertiary/aromatic N) is 1. The molecule has 1 aromatic heterocycles. The van der Waals surface area contributed by atoms with Crippen LogP contribution in [0.1, 0.15) is 37.8 Å². The molecule has 0 amide bonds. The first-order chi connectivity index (χ1) is 12.8. The van der Waals surface area contributed by atoms with Gasteiger partial charge in [0.25, 0.3) is 0 Å². The summed E-state index contributed by atoms with van der Waals surface area (Å²) in [7, 11) is 0. The number of hydrogen-bond acceptors (Lipinski definition) is 5. The Morgan fingerprint density at radius 2 is 1.85 bits per heavy atom. The van der Waals surface area contributed by atoms with Gasteiger partial charge in [0, 0.05) is 29.5 Å². The highest BCUT2D eigenvalue weighted by Crippen LogP contribution is 2.22. The fraction of sp³-hybridized carbons (Fsp3) is 0.227. The van der Waals surface area contributed by atoms with E-state index < -0.39 is 0 Å². The molecule has 0 aliphatic heterocycles. The van der Waals surface area contributed by atoms with Crippen molar-refractivity contribution in [1.29, 1.82) is 0 Å². The number of ether oxygens (including phenoxy) is 1. The van der Waals surface area contributed by atoms with Crippen molar-refractivity contribution in [3.63, 3.8) is 0 Å². The molecule has 1 heterocycles. The van der Waals surface area contributed by atoms with Crippen molar-refractivity contribution in [3.05, 3.63) is 89.1 Å². The van der Waals surface area contributed by atoms with Gasteiger partial charge in [-0.05, 0) is 56.7 Å². The molecule has 0 radical (unpaired) electrons. The Bertz CT molecular complexity index is 863. The first kappa shape index (κ1) is 20.1. The third kappa shape index (κ3) is 6.55. The lowest BCUT2D eigenvalue weighted by Crippen LogP contribution is -1.98. The predicted octanol–water partition coefficient (Wildman–Crippen LogP) is 4.33. The number of rotatable bonds is 8. The summed E-state index contributed by atoms with van der Waals surface area (Å²) in [4.78, 5) is 0. The molecule has 0 aliphatic carbocycles. The van der Waals surface area contributed by atoms with E-state index in [9.17, 15) is 0 Å². The van der Waals surface area contributed by atoms with Gasteiger partial charge < -0.3 is 20.7 Å². The van der Waals surface area contributed by atoms with Gasteiger partial charge in [-0.25, -0.2) is 0 Å². The Balaban J connectivity index is 2.06.